The highest BCUT2D eigenvalue weighted by atomic mass is 35.5. The van der Waals surface area contributed by atoms with E-state index in [4.69, 9.17) is 16.3 Å². The molecule has 24 heavy (non-hydrogen) atoms. The van der Waals surface area contributed by atoms with E-state index >= 15 is 0 Å². The molecule has 2 aromatic carbocycles. The molecule has 0 aliphatic heterocycles. The van der Waals surface area contributed by atoms with Gasteiger partial charge in [0.25, 0.3) is 0 Å². The largest absolute Gasteiger partial charge is 0.497 e. The minimum atomic E-state index is -0.876. The lowest BCUT2D eigenvalue weighted by Crippen LogP contribution is -2.32. The molecule has 0 saturated carbocycles. The molecule has 0 radical (unpaired) electrons. The van der Waals surface area contributed by atoms with Gasteiger partial charge in [0.05, 0.1) is 13.3 Å². The zero-order chi connectivity index (χ0) is 17.5. The van der Waals surface area contributed by atoms with Gasteiger partial charge in [0, 0.05) is 10.7 Å². The van der Waals surface area contributed by atoms with Gasteiger partial charge in [0.2, 0.25) is 0 Å². The first-order chi connectivity index (χ1) is 11.5. The van der Waals surface area contributed by atoms with Gasteiger partial charge in [0.15, 0.2) is 0 Å². The molecular formula is C17H16ClN3O3. The second-order valence-corrected chi connectivity index (χ2v) is 5.25. The third-order valence-electron chi connectivity index (χ3n) is 3.22. The number of rotatable bonds is 4. The number of benzene rings is 2. The minimum absolute atomic E-state index is 0.474. The van der Waals surface area contributed by atoms with Crippen molar-refractivity contribution in [1.82, 2.24) is 5.43 Å². The molecule has 2 amide bonds. The number of halogens is 1. The molecule has 0 heterocycles. The van der Waals surface area contributed by atoms with E-state index in [-0.39, 0.29) is 0 Å². The van der Waals surface area contributed by atoms with Crippen LogP contribution >= 0.6 is 11.6 Å². The smallest absolute Gasteiger partial charge is 0.329 e. The molecular weight excluding hydrogens is 330 g/mol. The molecule has 0 aromatic heterocycles. The molecule has 6 nitrogen and oxygen atoms in total. The summed E-state index contributed by atoms with van der Waals surface area (Å²) in [6.45, 7) is 1.75. The Kier molecular flexibility index (Phi) is 5.92. The maximum Gasteiger partial charge on any atom is 0.329 e. The normalized spacial score (nSPS) is 10.5. The summed E-state index contributed by atoms with van der Waals surface area (Å²) in [4.78, 5) is 23.6. The van der Waals surface area contributed by atoms with Crippen LogP contribution in [0.2, 0.25) is 5.02 Å². The number of hydrogen-bond donors (Lipinski definition) is 2. The van der Waals surface area contributed by atoms with Gasteiger partial charge in [-0.2, -0.15) is 5.10 Å². The SMILES string of the molecule is COc1ccc(/C=N\NC(=O)C(=O)Nc2cccc(Cl)c2C)cc1. The number of hydrazone groups is 1. The summed E-state index contributed by atoms with van der Waals surface area (Å²) >= 11 is 5.97. The first kappa shape index (κ1) is 17.5. The van der Waals surface area contributed by atoms with Crippen LogP contribution in [-0.2, 0) is 9.59 Å². The highest BCUT2D eigenvalue weighted by molar-refractivity contribution is 6.40. The Morgan fingerprint density at radius 1 is 1.12 bits per heavy atom. The van der Waals surface area contributed by atoms with E-state index < -0.39 is 11.8 Å². The van der Waals surface area contributed by atoms with Crippen molar-refractivity contribution < 1.29 is 14.3 Å². The summed E-state index contributed by atoms with van der Waals surface area (Å²) in [5.41, 5.74) is 4.08. The maximum absolute atomic E-state index is 11.8. The van der Waals surface area contributed by atoms with Crippen LogP contribution in [0.1, 0.15) is 11.1 Å². The fourth-order valence-corrected chi connectivity index (χ4v) is 2.00. The summed E-state index contributed by atoms with van der Waals surface area (Å²) in [5, 5.41) is 6.74. The molecule has 0 fully saturated rings. The topological polar surface area (TPSA) is 79.8 Å². The Labute approximate surface area is 144 Å². The van der Waals surface area contributed by atoms with E-state index in [2.05, 4.69) is 15.8 Å². The van der Waals surface area contributed by atoms with Crippen LogP contribution in [0.4, 0.5) is 5.69 Å². The van der Waals surface area contributed by atoms with Crippen molar-refractivity contribution in [2.45, 2.75) is 6.92 Å². The lowest BCUT2D eigenvalue weighted by atomic mass is 10.2. The second-order valence-electron chi connectivity index (χ2n) is 4.84. The van der Waals surface area contributed by atoms with Gasteiger partial charge in [-0.3, -0.25) is 9.59 Å². The fraction of sp³-hybridized carbons (Fsp3) is 0.118. The zero-order valence-electron chi connectivity index (χ0n) is 13.2. The highest BCUT2D eigenvalue weighted by Gasteiger charge is 2.14. The van der Waals surface area contributed by atoms with Crippen LogP contribution in [0.15, 0.2) is 47.6 Å². The molecule has 2 N–H and O–H groups in total. The van der Waals surface area contributed by atoms with Crippen LogP contribution in [0.3, 0.4) is 0 Å². The van der Waals surface area contributed by atoms with E-state index in [1.807, 2.05) is 0 Å². The molecule has 2 aromatic rings. The Bertz CT molecular complexity index is 773. The molecule has 0 aliphatic rings. The van der Waals surface area contributed by atoms with Gasteiger partial charge >= 0.3 is 11.8 Å². The Hall–Kier alpha value is -2.86. The summed E-state index contributed by atoms with van der Waals surface area (Å²) in [5.74, 6) is -0.987. The average molecular weight is 346 g/mol. The predicted octanol–water partition coefficient (Wildman–Crippen LogP) is 2.75. The van der Waals surface area contributed by atoms with Gasteiger partial charge in [-0.15, -0.1) is 0 Å². The summed E-state index contributed by atoms with van der Waals surface area (Å²) in [7, 11) is 1.57. The van der Waals surface area contributed by atoms with E-state index in [0.29, 0.717) is 22.0 Å². The van der Waals surface area contributed by atoms with Crippen LogP contribution in [0.25, 0.3) is 0 Å². The lowest BCUT2D eigenvalue weighted by molar-refractivity contribution is -0.136. The van der Waals surface area contributed by atoms with Crippen molar-refractivity contribution in [3.8, 4) is 5.75 Å². The number of carbonyl (C=O) groups is 2. The quantitative estimate of drug-likeness (QED) is 0.508. The standard InChI is InChI=1S/C17H16ClN3O3/c1-11-14(18)4-3-5-15(11)20-16(22)17(23)21-19-10-12-6-8-13(24-2)9-7-12/h3-10H,1-2H3,(H,20,22)(H,21,23)/b19-10-. The minimum Gasteiger partial charge on any atom is -0.497 e. The fourth-order valence-electron chi connectivity index (χ4n) is 1.83. The molecule has 0 spiro atoms. The first-order valence-corrected chi connectivity index (χ1v) is 7.42. The molecule has 0 bridgehead atoms. The molecule has 0 atom stereocenters. The van der Waals surface area contributed by atoms with E-state index in [9.17, 15) is 9.59 Å². The summed E-state index contributed by atoms with van der Waals surface area (Å²) in [6, 6.07) is 12.1. The molecule has 0 saturated heterocycles. The maximum atomic E-state index is 11.8. The Balaban J connectivity index is 1.92. The highest BCUT2D eigenvalue weighted by Crippen LogP contribution is 2.22. The number of carbonyl (C=O) groups excluding carboxylic acids is 2. The lowest BCUT2D eigenvalue weighted by Gasteiger charge is -2.08. The van der Waals surface area contributed by atoms with Crippen molar-refractivity contribution in [3.05, 3.63) is 58.6 Å². The van der Waals surface area contributed by atoms with Crippen molar-refractivity contribution in [2.24, 2.45) is 5.10 Å². The number of methoxy groups -OCH3 is 1. The summed E-state index contributed by atoms with van der Waals surface area (Å²) < 4.78 is 5.04. The predicted molar refractivity (Wildman–Crippen MR) is 93.5 cm³/mol. The van der Waals surface area contributed by atoms with Gasteiger partial charge < -0.3 is 10.1 Å². The van der Waals surface area contributed by atoms with Gasteiger partial charge in [-0.25, -0.2) is 5.43 Å². The van der Waals surface area contributed by atoms with E-state index in [0.717, 1.165) is 5.56 Å². The molecule has 0 aliphatic carbocycles. The van der Waals surface area contributed by atoms with E-state index in [1.165, 1.54) is 6.21 Å². The second kappa shape index (κ2) is 8.12. The van der Waals surface area contributed by atoms with Crippen molar-refractivity contribution >= 4 is 35.3 Å². The third kappa shape index (κ3) is 4.57. The number of hydrogen-bond acceptors (Lipinski definition) is 4. The molecule has 0 unspecified atom stereocenters. The monoisotopic (exact) mass is 345 g/mol. The third-order valence-corrected chi connectivity index (χ3v) is 3.63. The van der Waals surface area contributed by atoms with Crippen LogP contribution < -0.4 is 15.5 Å². The average Bonchev–Trinajstić information content (AvgIpc) is 2.59. The number of amides is 2. The van der Waals surface area contributed by atoms with Crippen molar-refractivity contribution in [3.63, 3.8) is 0 Å². The van der Waals surface area contributed by atoms with Gasteiger partial charge in [-0.05, 0) is 54.4 Å². The number of nitrogens with one attached hydrogen (secondary N) is 2. The van der Waals surface area contributed by atoms with Crippen molar-refractivity contribution in [1.29, 1.82) is 0 Å². The van der Waals surface area contributed by atoms with Gasteiger partial charge in [0.1, 0.15) is 5.75 Å². The van der Waals surface area contributed by atoms with E-state index in [1.54, 1.807) is 56.5 Å². The molecule has 124 valence electrons. The first-order valence-electron chi connectivity index (χ1n) is 7.05. The Morgan fingerprint density at radius 2 is 1.83 bits per heavy atom. The number of ether oxygens (including phenoxy) is 1. The van der Waals surface area contributed by atoms with Crippen molar-refractivity contribution in [2.75, 3.05) is 12.4 Å². The van der Waals surface area contributed by atoms with Crippen LogP contribution in [0, 0.1) is 6.92 Å². The number of nitrogens with zero attached hydrogens (tertiary/aromatic N) is 1. The molecule has 7 heteroatoms. The zero-order valence-corrected chi connectivity index (χ0v) is 13.9. The summed E-state index contributed by atoms with van der Waals surface area (Å²) in [6.07, 6.45) is 1.43. The number of anilines is 1. The Morgan fingerprint density at radius 3 is 2.50 bits per heavy atom. The van der Waals surface area contributed by atoms with Crippen LogP contribution in [-0.4, -0.2) is 25.1 Å². The van der Waals surface area contributed by atoms with Crippen LogP contribution in [0.5, 0.6) is 5.75 Å². The van der Waals surface area contributed by atoms with Gasteiger partial charge in [-0.1, -0.05) is 17.7 Å². The molecule has 2 rings (SSSR count).